The van der Waals surface area contributed by atoms with Crippen molar-refractivity contribution in [2.45, 2.75) is 32.6 Å². The number of halogens is 1. The molecule has 0 radical (unpaired) electrons. The number of rotatable bonds is 4. The van der Waals surface area contributed by atoms with Crippen LogP contribution in [-0.2, 0) is 0 Å². The number of aromatic nitrogens is 2. The smallest absolute Gasteiger partial charge is 0.143 e. The van der Waals surface area contributed by atoms with Gasteiger partial charge < -0.3 is 15.0 Å². The molecule has 1 aromatic carbocycles. The fraction of sp³-hybridized carbons (Fsp3) is 0.444. The summed E-state index contributed by atoms with van der Waals surface area (Å²) in [5.74, 6) is 2.42. The minimum Gasteiger partial charge on any atom is -0.495 e. The molecule has 0 unspecified atom stereocenters. The maximum atomic E-state index is 6.17. The predicted molar refractivity (Wildman–Crippen MR) is 98.7 cm³/mol. The highest BCUT2D eigenvalue weighted by atomic mass is 35.5. The van der Waals surface area contributed by atoms with E-state index in [0.29, 0.717) is 10.8 Å². The van der Waals surface area contributed by atoms with Crippen molar-refractivity contribution >= 4 is 28.9 Å². The van der Waals surface area contributed by atoms with Crippen LogP contribution in [0.3, 0.4) is 0 Å². The molecule has 2 aromatic rings. The van der Waals surface area contributed by atoms with Gasteiger partial charge in [0.25, 0.3) is 0 Å². The van der Waals surface area contributed by atoms with Crippen molar-refractivity contribution < 1.29 is 4.74 Å². The number of aryl methyl sites for hydroxylation is 1. The summed E-state index contributed by atoms with van der Waals surface area (Å²) in [7, 11) is 1.63. The number of nitrogens with zero attached hydrogens (tertiary/aromatic N) is 3. The van der Waals surface area contributed by atoms with Gasteiger partial charge in [-0.25, -0.2) is 9.97 Å². The van der Waals surface area contributed by atoms with Crippen molar-refractivity contribution in [3.8, 4) is 5.75 Å². The Kier molecular flexibility index (Phi) is 5.41. The Hall–Kier alpha value is -2.01. The molecule has 24 heavy (non-hydrogen) atoms. The van der Waals surface area contributed by atoms with E-state index in [4.69, 9.17) is 16.3 Å². The van der Waals surface area contributed by atoms with Gasteiger partial charge in [-0.05, 0) is 31.4 Å². The highest BCUT2D eigenvalue weighted by molar-refractivity contribution is 6.31. The minimum absolute atomic E-state index is 0.686. The van der Waals surface area contributed by atoms with Crippen LogP contribution in [0.5, 0.6) is 5.75 Å². The molecule has 1 saturated heterocycles. The van der Waals surface area contributed by atoms with Gasteiger partial charge in [0.15, 0.2) is 0 Å². The highest BCUT2D eigenvalue weighted by Crippen LogP contribution is 2.33. The first-order valence-corrected chi connectivity index (χ1v) is 8.73. The second-order valence-corrected chi connectivity index (χ2v) is 6.50. The van der Waals surface area contributed by atoms with Crippen LogP contribution >= 0.6 is 11.6 Å². The zero-order chi connectivity index (χ0) is 16.9. The van der Waals surface area contributed by atoms with Crippen LogP contribution in [0.15, 0.2) is 24.5 Å². The van der Waals surface area contributed by atoms with E-state index in [2.05, 4.69) is 20.2 Å². The van der Waals surface area contributed by atoms with Crippen molar-refractivity contribution in [3.05, 3.63) is 35.1 Å². The molecule has 0 amide bonds. The van der Waals surface area contributed by atoms with Crippen LogP contribution in [0, 0.1) is 6.92 Å². The maximum absolute atomic E-state index is 6.17. The van der Waals surface area contributed by atoms with Crippen molar-refractivity contribution in [3.63, 3.8) is 0 Å². The van der Waals surface area contributed by atoms with Crippen molar-refractivity contribution in [2.24, 2.45) is 0 Å². The van der Waals surface area contributed by atoms with Crippen molar-refractivity contribution in [1.29, 1.82) is 0 Å². The van der Waals surface area contributed by atoms with Crippen LogP contribution in [0.2, 0.25) is 5.02 Å². The quantitative estimate of drug-likeness (QED) is 0.878. The zero-order valence-corrected chi connectivity index (χ0v) is 14.9. The minimum atomic E-state index is 0.686. The SMILES string of the molecule is COc1cc(Cl)c(C)cc1Nc1cc(N2CCCCCC2)ncn1. The third kappa shape index (κ3) is 3.90. The van der Waals surface area contributed by atoms with E-state index in [1.54, 1.807) is 13.4 Å². The number of ether oxygens (including phenoxy) is 1. The topological polar surface area (TPSA) is 50.3 Å². The lowest BCUT2D eigenvalue weighted by atomic mass is 10.2. The predicted octanol–water partition coefficient (Wildman–Crippen LogP) is 4.57. The van der Waals surface area contributed by atoms with Crippen molar-refractivity contribution in [1.82, 2.24) is 9.97 Å². The molecule has 0 atom stereocenters. The van der Waals surface area contributed by atoms with E-state index >= 15 is 0 Å². The van der Waals surface area contributed by atoms with E-state index in [9.17, 15) is 0 Å². The molecule has 5 nitrogen and oxygen atoms in total. The van der Waals surface area contributed by atoms with Gasteiger partial charge in [0, 0.05) is 30.2 Å². The number of hydrogen-bond acceptors (Lipinski definition) is 5. The summed E-state index contributed by atoms with van der Waals surface area (Å²) in [5, 5.41) is 4.01. The van der Waals surface area contributed by atoms with Gasteiger partial charge in [0.05, 0.1) is 12.8 Å². The number of nitrogens with one attached hydrogen (secondary N) is 1. The summed E-state index contributed by atoms with van der Waals surface area (Å²) in [4.78, 5) is 11.1. The maximum Gasteiger partial charge on any atom is 0.143 e. The number of hydrogen-bond donors (Lipinski definition) is 1. The summed E-state index contributed by atoms with van der Waals surface area (Å²) in [5.41, 5.74) is 1.83. The fourth-order valence-corrected chi connectivity index (χ4v) is 3.11. The van der Waals surface area contributed by atoms with Gasteiger partial charge in [-0.15, -0.1) is 0 Å². The average Bonchev–Trinajstić information content (AvgIpc) is 2.87. The summed E-state index contributed by atoms with van der Waals surface area (Å²) >= 11 is 6.17. The zero-order valence-electron chi connectivity index (χ0n) is 14.2. The van der Waals surface area contributed by atoms with Gasteiger partial charge in [-0.1, -0.05) is 24.4 Å². The summed E-state index contributed by atoms with van der Waals surface area (Å²) in [6.45, 7) is 4.08. The lowest BCUT2D eigenvalue weighted by Crippen LogP contribution is -2.25. The van der Waals surface area contributed by atoms with Gasteiger partial charge in [0.1, 0.15) is 23.7 Å². The fourth-order valence-electron chi connectivity index (χ4n) is 2.96. The van der Waals surface area contributed by atoms with E-state index < -0.39 is 0 Å². The summed E-state index contributed by atoms with van der Waals surface area (Å²) < 4.78 is 5.42. The summed E-state index contributed by atoms with van der Waals surface area (Å²) in [6, 6.07) is 5.78. The lowest BCUT2D eigenvalue weighted by Gasteiger charge is -2.21. The second-order valence-electron chi connectivity index (χ2n) is 6.09. The Morgan fingerprint density at radius 2 is 1.83 bits per heavy atom. The molecule has 0 aliphatic carbocycles. The van der Waals surface area contributed by atoms with Crippen LogP contribution < -0.4 is 15.0 Å². The monoisotopic (exact) mass is 346 g/mol. The van der Waals surface area contributed by atoms with Crippen LogP contribution in [0.4, 0.5) is 17.3 Å². The second kappa shape index (κ2) is 7.71. The molecule has 2 heterocycles. The van der Waals surface area contributed by atoms with Crippen LogP contribution in [-0.4, -0.2) is 30.2 Å². The van der Waals surface area contributed by atoms with Crippen LogP contribution in [0.1, 0.15) is 31.2 Å². The molecule has 0 bridgehead atoms. The molecule has 1 aliphatic heterocycles. The molecule has 1 aliphatic rings. The number of anilines is 3. The highest BCUT2D eigenvalue weighted by Gasteiger charge is 2.13. The number of benzene rings is 1. The first-order chi connectivity index (χ1) is 11.7. The molecule has 0 spiro atoms. The van der Waals surface area contributed by atoms with Gasteiger partial charge in [-0.3, -0.25) is 0 Å². The van der Waals surface area contributed by atoms with E-state index in [0.717, 1.165) is 36.0 Å². The third-order valence-corrected chi connectivity index (χ3v) is 4.73. The first kappa shape index (κ1) is 16.8. The average molecular weight is 347 g/mol. The Balaban J connectivity index is 1.83. The first-order valence-electron chi connectivity index (χ1n) is 8.35. The summed E-state index contributed by atoms with van der Waals surface area (Å²) in [6.07, 6.45) is 6.65. The Bertz CT molecular complexity index is 699. The molecule has 1 fully saturated rings. The molecule has 3 rings (SSSR count). The molecule has 128 valence electrons. The van der Waals surface area contributed by atoms with Gasteiger partial charge >= 0.3 is 0 Å². The van der Waals surface area contributed by atoms with E-state index in [-0.39, 0.29) is 0 Å². The Labute approximate surface area is 148 Å². The number of methoxy groups -OCH3 is 1. The third-order valence-electron chi connectivity index (χ3n) is 4.33. The van der Waals surface area contributed by atoms with E-state index in [1.165, 1.54) is 25.7 Å². The molecule has 1 N–H and O–H groups in total. The van der Waals surface area contributed by atoms with Crippen LogP contribution in [0.25, 0.3) is 0 Å². The van der Waals surface area contributed by atoms with E-state index in [1.807, 2.05) is 25.1 Å². The largest absolute Gasteiger partial charge is 0.495 e. The Morgan fingerprint density at radius 1 is 1.08 bits per heavy atom. The van der Waals surface area contributed by atoms with Crippen molar-refractivity contribution in [2.75, 3.05) is 30.4 Å². The molecular formula is C18H23ClN4O. The molecule has 6 heteroatoms. The standard InChI is InChI=1S/C18H23ClN4O/c1-13-9-15(16(24-2)10-14(13)19)22-17-11-18(21-12-20-17)23-7-5-3-4-6-8-23/h9-12H,3-8H2,1-2H3,(H,20,21,22). The molecule has 0 saturated carbocycles. The van der Waals surface area contributed by atoms with Gasteiger partial charge in [0.2, 0.25) is 0 Å². The Morgan fingerprint density at radius 3 is 2.54 bits per heavy atom. The van der Waals surface area contributed by atoms with Gasteiger partial charge in [-0.2, -0.15) is 0 Å². The molecule has 1 aromatic heterocycles. The normalized spacial score (nSPS) is 15.0. The molecular weight excluding hydrogens is 324 g/mol. The lowest BCUT2D eigenvalue weighted by molar-refractivity contribution is 0.416.